The van der Waals surface area contributed by atoms with Crippen LogP contribution >= 0.6 is 0 Å². The van der Waals surface area contributed by atoms with Crippen molar-refractivity contribution >= 4 is 17.6 Å². The van der Waals surface area contributed by atoms with Crippen molar-refractivity contribution in [2.75, 3.05) is 13.1 Å². The quantitative estimate of drug-likeness (QED) is 0.592. The normalized spacial score (nSPS) is 18.5. The average Bonchev–Trinajstić information content (AvgIpc) is 3.57. The Hall–Kier alpha value is -3.07. The van der Waals surface area contributed by atoms with Gasteiger partial charge in [0.15, 0.2) is 11.5 Å². The minimum absolute atomic E-state index is 0.0446. The maximum Gasteiger partial charge on any atom is 0.274 e. The summed E-state index contributed by atoms with van der Waals surface area (Å²) in [5.74, 6) is 0.457. The van der Waals surface area contributed by atoms with E-state index in [2.05, 4.69) is 15.5 Å². The summed E-state index contributed by atoms with van der Waals surface area (Å²) >= 11 is 0. The van der Waals surface area contributed by atoms with Gasteiger partial charge in [-0.1, -0.05) is 11.2 Å². The number of nitrogens with zero attached hydrogens (tertiary/aromatic N) is 3. The summed E-state index contributed by atoms with van der Waals surface area (Å²) in [6, 6.07) is 6.07. The molecule has 176 valence electrons. The van der Waals surface area contributed by atoms with E-state index in [0.29, 0.717) is 38.3 Å². The van der Waals surface area contributed by atoms with Gasteiger partial charge in [0.05, 0.1) is 12.1 Å². The van der Waals surface area contributed by atoms with Gasteiger partial charge in [0.25, 0.3) is 5.91 Å². The first-order valence-electron chi connectivity index (χ1n) is 11.7. The molecule has 0 spiro atoms. The molecule has 3 heterocycles. The number of hydrogen-bond acceptors (Lipinski definition) is 7. The lowest BCUT2D eigenvalue weighted by Crippen LogP contribution is -2.52. The number of amides is 2. The van der Waals surface area contributed by atoms with Gasteiger partial charge in [0, 0.05) is 43.4 Å². The Balaban J connectivity index is 1.43. The number of aryl methyl sites for hydroxylation is 1. The number of pyridine rings is 1. The minimum atomic E-state index is -0.658. The minimum Gasteiger partial charge on any atom is -0.360 e. The summed E-state index contributed by atoms with van der Waals surface area (Å²) in [6.07, 6.45) is 5.80. The first-order valence-corrected chi connectivity index (χ1v) is 11.7. The monoisotopic (exact) mass is 453 g/mol. The number of nitrogens with one attached hydrogen (secondary N) is 1. The van der Waals surface area contributed by atoms with Crippen molar-refractivity contribution in [2.45, 2.75) is 63.5 Å². The fourth-order valence-corrected chi connectivity index (χ4v) is 4.33. The Morgan fingerprint density at radius 1 is 1.21 bits per heavy atom. The summed E-state index contributed by atoms with van der Waals surface area (Å²) in [5.41, 5.74) is 6.77. The molecule has 2 aliphatic rings. The first kappa shape index (κ1) is 23.1. The Bertz CT molecular complexity index is 978. The Labute approximate surface area is 193 Å². The lowest BCUT2D eigenvalue weighted by molar-refractivity contribution is -0.134. The van der Waals surface area contributed by atoms with E-state index in [9.17, 15) is 14.4 Å². The number of ketones is 1. The number of hydrogen-bond donors (Lipinski definition) is 2. The van der Waals surface area contributed by atoms with Crippen LogP contribution in [0.2, 0.25) is 0 Å². The molecule has 9 nitrogen and oxygen atoms in total. The molecule has 1 aliphatic carbocycles. The molecule has 2 aromatic heterocycles. The second kappa shape index (κ2) is 10.2. The lowest BCUT2D eigenvalue weighted by atomic mass is 9.85. The van der Waals surface area contributed by atoms with E-state index < -0.39 is 18.0 Å². The number of piperidine rings is 1. The highest BCUT2D eigenvalue weighted by Crippen LogP contribution is 2.40. The molecule has 4 rings (SSSR count). The van der Waals surface area contributed by atoms with E-state index in [1.807, 2.05) is 18.2 Å². The number of carbonyl (C=O) groups is 3. The standard InChI is InChI=1S/C24H31N5O4/c1-15(25)24(32)29-12-9-17(10-13-29)22(20(30)8-7-18-4-2-3-11-26-18)27-23(31)19-14-21(33-28-19)16-5-6-16/h2-4,11,14-17,22H,5-10,12-13,25H2,1H3,(H,27,31)/t15-,22?/m0/s1. The number of aromatic nitrogens is 2. The Kier molecular flexibility index (Phi) is 7.17. The van der Waals surface area contributed by atoms with Crippen LogP contribution in [0.4, 0.5) is 0 Å². The molecule has 2 aromatic rings. The zero-order valence-corrected chi connectivity index (χ0v) is 18.9. The second-order valence-electron chi connectivity index (χ2n) is 9.08. The van der Waals surface area contributed by atoms with Crippen molar-refractivity contribution in [3.63, 3.8) is 0 Å². The molecule has 3 N–H and O–H groups in total. The molecule has 1 unspecified atom stereocenters. The lowest BCUT2D eigenvalue weighted by Gasteiger charge is -2.36. The van der Waals surface area contributed by atoms with Crippen molar-refractivity contribution in [1.82, 2.24) is 20.4 Å². The summed E-state index contributed by atoms with van der Waals surface area (Å²) in [7, 11) is 0. The third-order valence-corrected chi connectivity index (χ3v) is 6.44. The van der Waals surface area contributed by atoms with Crippen LogP contribution < -0.4 is 11.1 Å². The molecule has 0 radical (unpaired) electrons. The summed E-state index contributed by atoms with van der Waals surface area (Å²) in [5, 5.41) is 6.83. The maximum atomic E-state index is 13.2. The highest BCUT2D eigenvalue weighted by atomic mass is 16.5. The van der Waals surface area contributed by atoms with Crippen molar-refractivity contribution < 1.29 is 18.9 Å². The fourth-order valence-electron chi connectivity index (χ4n) is 4.33. The van der Waals surface area contributed by atoms with Crippen LogP contribution in [0.3, 0.4) is 0 Å². The highest BCUT2D eigenvalue weighted by molar-refractivity contribution is 5.96. The van der Waals surface area contributed by atoms with E-state index in [0.717, 1.165) is 24.3 Å². The maximum absolute atomic E-state index is 13.2. The van der Waals surface area contributed by atoms with E-state index >= 15 is 0 Å². The molecular formula is C24H31N5O4. The average molecular weight is 454 g/mol. The van der Waals surface area contributed by atoms with Gasteiger partial charge in [-0.2, -0.15) is 0 Å². The highest BCUT2D eigenvalue weighted by Gasteiger charge is 2.35. The zero-order chi connectivity index (χ0) is 23.4. The summed E-state index contributed by atoms with van der Waals surface area (Å²) in [4.78, 5) is 44.4. The molecule has 2 fully saturated rings. The van der Waals surface area contributed by atoms with Crippen molar-refractivity contribution in [2.24, 2.45) is 11.7 Å². The van der Waals surface area contributed by atoms with Gasteiger partial charge in [-0.05, 0) is 57.1 Å². The van der Waals surface area contributed by atoms with Gasteiger partial charge < -0.3 is 20.5 Å². The zero-order valence-electron chi connectivity index (χ0n) is 18.9. The van der Waals surface area contributed by atoms with Crippen LogP contribution in [0.1, 0.15) is 66.9 Å². The van der Waals surface area contributed by atoms with Gasteiger partial charge >= 0.3 is 0 Å². The van der Waals surface area contributed by atoms with E-state index in [4.69, 9.17) is 10.3 Å². The molecule has 1 saturated carbocycles. The summed E-state index contributed by atoms with van der Waals surface area (Å²) < 4.78 is 5.31. The predicted octanol–water partition coefficient (Wildman–Crippen LogP) is 1.83. The molecule has 0 aromatic carbocycles. The van der Waals surface area contributed by atoms with Gasteiger partial charge in [-0.15, -0.1) is 0 Å². The molecule has 1 aliphatic heterocycles. The number of carbonyl (C=O) groups excluding carboxylic acids is 3. The molecule has 33 heavy (non-hydrogen) atoms. The summed E-state index contributed by atoms with van der Waals surface area (Å²) in [6.45, 7) is 2.70. The fraction of sp³-hybridized carbons (Fsp3) is 0.542. The van der Waals surface area contributed by atoms with Crippen molar-refractivity contribution in [1.29, 1.82) is 0 Å². The third-order valence-electron chi connectivity index (χ3n) is 6.44. The van der Waals surface area contributed by atoms with E-state index in [1.165, 1.54) is 0 Å². The predicted molar refractivity (Wildman–Crippen MR) is 120 cm³/mol. The third kappa shape index (κ3) is 5.84. The molecular weight excluding hydrogens is 422 g/mol. The molecule has 0 bridgehead atoms. The van der Waals surface area contributed by atoms with Crippen LogP contribution in [0, 0.1) is 5.92 Å². The van der Waals surface area contributed by atoms with Crippen LogP contribution in [-0.2, 0) is 16.0 Å². The van der Waals surface area contributed by atoms with Crippen LogP contribution in [0.5, 0.6) is 0 Å². The molecule has 2 atom stereocenters. The van der Waals surface area contributed by atoms with Gasteiger partial charge in [0.1, 0.15) is 5.76 Å². The molecule has 2 amide bonds. The molecule has 1 saturated heterocycles. The smallest absolute Gasteiger partial charge is 0.274 e. The van der Waals surface area contributed by atoms with Crippen LogP contribution in [0.15, 0.2) is 35.0 Å². The number of nitrogens with two attached hydrogens (primary N) is 1. The topological polar surface area (TPSA) is 131 Å². The number of likely N-dealkylation sites (tertiary alicyclic amines) is 1. The van der Waals surface area contributed by atoms with Gasteiger partial charge in [0.2, 0.25) is 5.91 Å². The van der Waals surface area contributed by atoms with Gasteiger partial charge in [-0.25, -0.2) is 0 Å². The van der Waals surface area contributed by atoms with Crippen LogP contribution in [0.25, 0.3) is 0 Å². The Morgan fingerprint density at radius 2 is 1.97 bits per heavy atom. The van der Waals surface area contributed by atoms with E-state index in [-0.39, 0.29) is 29.7 Å². The van der Waals surface area contributed by atoms with E-state index in [1.54, 1.807) is 24.1 Å². The Morgan fingerprint density at radius 3 is 2.61 bits per heavy atom. The number of rotatable bonds is 9. The SMILES string of the molecule is C[C@H](N)C(=O)N1CCC(C(NC(=O)c2cc(C3CC3)on2)C(=O)CCc2ccccn2)CC1. The van der Waals surface area contributed by atoms with Crippen molar-refractivity contribution in [3.05, 3.63) is 47.6 Å². The number of Topliss-reactive ketones (excluding diaryl/α,β-unsaturated/α-hetero) is 1. The van der Waals surface area contributed by atoms with Crippen LogP contribution in [-0.4, -0.2) is 57.8 Å². The second-order valence-corrected chi connectivity index (χ2v) is 9.08. The largest absolute Gasteiger partial charge is 0.360 e. The van der Waals surface area contributed by atoms with Gasteiger partial charge in [-0.3, -0.25) is 19.4 Å². The van der Waals surface area contributed by atoms with Crippen molar-refractivity contribution in [3.8, 4) is 0 Å². The first-order chi connectivity index (χ1) is 15.9. The molecule has 9 heteroatoms.